The molecule has 1 N–H and O–H groups in total. The van der Waals surface area contributed by atoms with Gasteiger partial charge in [0.15, 0.2) is 0 Å². The molecule has 0 bridgehead atoms. The van der Waals surface area contributed by atoms with E-state index in [1.54, 1.807) is 13.8 Å². The summed E-state index contributed by atoms with van der Waals surface area (Å²) in [6, 6.07) is -0.773. The zero-order valence-corrected chi connectivity index (χ0v) is 12.0. The number of piperazine rings is 1. The lowest BCUT2D eigenvalue weighted by Crippen LogP contribution is -2.59. The number of amides is 2. The van der Waals surface area contributed by atoms with E-state index in [0.29, 0.717) is 13.1 Å². The maximum atomic E-state index is 11.9. The van der Waals surface area contributed by atoms with Crippen LogP contribution >= 0.6 is 15.9 Å². The molecular formula is C11H17BrN2O4. The van der Waals surface area contributed by atoms with E-state index in [9.17, 15) is 14.4 Å². The van der Waals surface area contributed by atoms with Crippen molar-refractivity contribution in [3.05, 3.63) is 0 Å². The normalized spacial score (nSPS) is 21.2. The number of hydrogen-bond donors (Lipinski definition) is 1. The smallest absolute Gasteiger partial charge is 0.308 e. The van der Waals surface area contributed by atoms with Crippen LogP contribution in [0.3, 0.4) is 0 Å². The second kappa shape index (κ2) is 6.72. The van der Waals surface area contributed by atoms with Crippen molar-refractivity contribution < 1.29 is 19.1 Å². The van der Waals surface area contributed by atoms with Gasteiger partial charge in [-0.25, -0.2) is 0 Å². The summed E-state index contributed by atoms with van der Waals surface area (Å²) in [5.74, 6) is -0.977. The third-order valence-electron chi connectivity index (χ3n) is 2.62. The van der Waals surface area contributed by atoms with Crippen molar-refractivity contribution in [2.75, 3.05) is 19.7 Å². The van der Waals surface area contributed by atoms with E-state index in [0.717, 1.165) is 0 Å². The van der Waals surface area contributed by atoms with Crippen LogP contribution in [0.2, 0.25) is 0 Å². The number of carbonyl (C=O) groups is 3. The van der Waals surface area contributed by atoms with Gasteiger partial charge in [-0.3, -0.25) is 14.4 Å². The Morgan fingerprint density at radius 1 is 1.61 bits per heavy atom. The van der Waals surface area contributed by atoms with Crippen LogP contribution in [0.5, 0.6) is 0 Å². The minimum atomic E-state index is -0.773. The molecule has 0 spiro atoms. The highest BCUT2D eigenvalue weighted by Gasteiger charge is 2.36. The van der Waals surface area contributed by atoms with Crippen molar-refractivity contribution in [1.82, 2.24) is 10.2 Å². The van der Waals surface area contributed by atoms with E-state index in [2.05, 4.69) is 21.2 Å². The second-order valence-electron chi connectivity index (χ2n) is 3.96. The molecule has 0 radical (unpaired) electrons. The number of hydrogen-bond acceptors (Lipinski definition) is 4. The summed E-state index contributed by atoms with van der Waals surface area (Å²) in [7, 11) is 0. The molecule has 1 fully saturated rings. The first-order valence-electron chi connectivity index (χ1n) is 5.85. The molecule has 7 heteroatoms. The molecule has 1 rings (SSSR count). The Morgan fingerprint density at radius 2 is 2.28 bits per heavy atom. The summed E-state index contributed by atoms with van der Waals surface area (Å²) in [5, 5.41) is 2.65. The number of halogens is 1. The van der Waals surface area contributed by atoms with Crippen LogP contribution in [0.15, 0.2) is 0 Å². The van der Waals surface area contributed by atoms with Gasteiger partial charge in [0, 0.05) is 13.1 Å². The maximum absolute atomic E-state index is 11.9. The number of nitrogens with zero attached hydrogens (tertiary/aromatic N) is 1. The summed E-state index contributed by atoms with van der Waals surface area (Å²) in [6.07, 6.45) is -0.106. The summed E-state index contributed by atoms with van der Waals surface area (Å²) in [4.78, 5) is 36.2. The largest absolute Gasteiger partial charge is 0.466 e. The summed E-state index contributed by atoms with van der Waals surface area (Å²) in [5.41, 5.74) is 0. The third-order valence-corrected chi connectivity index (χ3v) is 3.01. The fraction of sp³-hybridized carbons (Fsp3) is 0.727. The monoisotopic (exact) mass is 320 g/mol. The Morgan fingerprint density at radius 3 is 2.83 bits per heavy atom. The van der Waals surface area contributed by atoms with Gasteiger partial charge >= 0.3 is 5.97 Å². The predicted molar refractivity (Wildman–Crippen MR) is 68.1 cm³/mol. The van der Waals surface area contributed by atoms with Crippen LogP contribution < -0.4 is 5.32 Å². The van der Waals surface area contributed by atoms with Crippen molar-refractivity contribution in [2.45, 2.75) is 31.1 Å². The molecule has 1 aliphatic rings. The number of esters is 1. The molecule has 0 aromatic rings. The maximum Gasteiger partial charge on any atom is 0.308 e. The zero-order chi connectivity index (χ0) is 13.7. The van der Waals surface area contributed by atoms with Gasteiger partial charge in [0.25, 0.3) is 0 Å². The fourth-order valence-electron chi connectivity index (χ4n) is 1.79. The lowest BCUT2D eigenvalue weighted by atomic mass is 10.1. The fourth-order valence-corrected chi connectivity index (χ4v) is 2.05. The second-order valence-corrected chi connectivity index (χ2v) is 5.34. The molecule has 18 heavy (non-hydrogen) atoms. The Hall–Kier alpha value is -1.11. The molecule has 6 nitrogen and oxygen atoms in total. The highest BCUT2D eigenvalue weighted by atomic mass is 79.9. The van der Waals surface area contributed by atoms with Gasteiger partial charge in [-0.05, 0) is 13.8 Å². The van der Waals surface area contributed by atoms with Crippen molar-refractivity contribution >= 4 is 33.7 Å². The minimum Gasteiger partial charge on any atom is -0.466 e. The van der Waals surface area contributed by atoms with E-state index in [4.69, 9.17) is 4.74 Å². The number of nitrogens with one attached hydrogen (secondary N) is 1. The molecule has 0 aromatic heterocycles. The lowest BCUT2D eigenvalue weighted by molar-refractivity contribution is -0.151. The van der Waals surface area contributed by atoms with Gasteiger partial charge in [-0.1, -0.05) is 15.9 Å². The van der Waals surface area contributed by atoms with Gasteiger partial charge in [-0.15, -0.1) is 0 Å². The lowest BCUT2D eigenvalue weighted by Gasteiger charge is -2.35. The van der Waals surface area contributed by atoms with Gasteiger partial charge in [0.1, 0.15) is 6.04 Å². The van der Waals surface area contributed by atoms with E-state index in [1.165, 1.54) is 4.90 Å². The highest BCUT2D eigenvalue weighted by molar-refractivity contribution is 9.10. The Kier molecular flexibility index (Phi) is 5.58. The average Bonchev–Trinajstić information content (AvgIpc) is 2.31. The van der Waals surface area contributed by atoms with Gasteiger partial charge in [0.05, 0.1) is 17.9 Å². The summed E-state index contributed by atoms with van der Waals surface area (Å²) < 4.78 is 4.81. The zero-order valence-electron chi connectivity index (χ0n) is 10.4. The Balaban J connectivity index is 2.76. The molecule has 1 heterocycles. The molecule has 0 aromatic carbocycles. The first kappa shape index (κ1) is 14.9. The topological polar surface area (TPSA) is 75.7 Å². The Bertz CT molecular complexity index is 346. The quantitative estimate of drug-likeness (QED) is 0.586. The summed E-state index contributed by atoms with van der Waals surface area (Å²) >= 11 is 3.18. The molecule has 102 valence electrons. The van der Waals surface area contributed by atoms with E-state index in [1.807, 2.05) is 0 Å². The SMILES string of the molecule is CCOC(=O)CC1C(=O)NCCN1C(=O)C(C)Br. The number of alkyl halides is 1. The first-order chi connectivity index (χ1) is 8.47. The minimum absolute atomic E-state index is 0.106. The number of carbonyl (C=O) groups excluding carboxylic acids is 3. The van der Waals surface area contributed by atoms with E-state index in [-0.39, 0.29) is 29.7 Å². The van der Waals surface area contributed by atoms with E-state index < -0.39 is 12.0 Å². The number of ether oxygens (including phenoxy) is 1. The summed E-state index contributed by atoms with van der Waals surface area (Å²) in [6.45, 7) is 4.46. The standard InChI is InChI=1S/C11H17BrN2O4/c1-3-18-9(15)6-8-10(16)13-4-5-14(8)11(17)7(2)12/h7-8H,3-6H2,1-2H3,(H,13,16). The molecule has 1 saturated heterocycles. The molecule has 1 aliphatic heterocycles. The predicted octanol–water partition coefficient (Wildman–Crippen LogP) is 0.0500. The molecule has 2 amide bonds. The van der Waals surface area contributed by atoms with Crippen molar-refractivity contribution in [1.29, 1.82) is 0 Å². The number of rotatable bonds is 4. The van der Waals surface area contributed by atoms with Crippen LogP contribution in [0.25, 0.3) is 0 Å². The molecule has 0 saturated carbocycles. The van der Waals surface area contributed by atoms with E-state index >= 15 is 0 Å². The average molecular weight is 321 g/mol. The van der Waals surface area contributed by atoms with Gasteiger partial charge in [0.2, 0.25) is 11.8 Å². The van der Waals surface area contributed by atoms with Crippen LogP contribution in [-0.4, -0.2) is 53.2 Å². The molecular weight excluding hydrogens is 304 g/mol. The van der Waals surface area contributed by atoms with Crippen LogP contribution in [0.1, 0.15) is 20.3 Å². The van der Waals surface area contributed by atoms with Crippen molar-refractivity contribution in [3.63, 3.8) is 0 Å². The highest BCUT2D eigenvalue weighted by Crippen LogP contribution is 2.14. The molecule has 2 atom stereocenters. The third kappa shape index (κ3) is 3.69. The first-order valence-corrected chi connectivity index (χ1v) is 6.76. The van der Waals surface area contributed by atoms with Gasteiger partial charge in [-0.2, -0.15) is 0 Å². The van der Waals surface area contributed by atoms with Crippen LogP contribution in [0.4, 0.5) is 0 Å². The van der Waals surface area contributed by atoms with Crippen LogP contribution in [-0.2, 0) is 19.1 Å². The molecule has 2 unspecified atom stereocenters. The van der Waals surface area contributed by atoms with Gasteiger partial charge < -0.3 is 15.0 Å². The van der Waals surface area contributed by atoms with Crippen LogP contribution in [0, 0.1) is 0 Å². The van der Waals surface area contributed by atoms with Crippen molar-refractivity contribution in [3.8, 4) is 0 Å². The Labute approximate surface area is 114 Å². The van der Waals surface area contributed by atoms with Crippen molar-refractivity contribution in [2.24, 2.45) is 0 Å². The molecule has 0 aliphatic carbocycles.